The van der Waals surface area contributed by atoms with E-state index < -0.39 is 0 Å². The van der Waals surface area contributed by atoms with Gasteiger partial charge in [0.15, 0.2) is 0 Å². The number of para-hydroxylation sites is 1. The Hall–Kier alpha value is -1.14. The van der Waals surface area contributed by atoms with Crippen LogP contribution in [0.3, 0.4) is 0 Å². The van der Waals surface area contributed by atoms with E-state index in [0.717, 1.165) is 35.7 Å². The maximum atomic E-state index is 9.57. The zero-order valence-corrected chi connectivity index (χ0v) is 10.9. The van der Waals surface area contributed by atoms with Crippen LogP contribution >= 0.6 is 11.8 Å². The molecule has 0 radical (unpaired) electrons. The number of nitrogens with zero attached hydrogens (tertiary/aromatic N) is 1. The summed E-state index contributed by atoms with van der Waals surface area (Å²) in [4.78, 5) is 0. The normalized spacial score (nSPS) is 22.4. The lowest BCUT2D eigenvalue weighted by Gasteiger charge is -2.33. The summed E-state index contributed by atoms with van der Waals surface area (Å²) < 4.78 is 5.63. The molecule has 0 fully saturated rings. The van der Waals surface area contributed by atoms with Gasteiger partial charge in [0.1, 0.15) is 5.75 Å². The summed E-state index contributed by atoms with van der Waals surface area (Å²) in [6, 6.07) is 10.5. The van der Waals surface area contributed by atoms with Crippen LogP contribution in [-0.4, -0.2) is 18.1 Å². The molecule has 1 atom stereocenters. The van der Waals surface area contributed by atoms with Crippen LogP contribution in [0.15, 0.2) is 24.3 Å². The van der Waals surface area contributed by atoms with Crippen molar-refractivity contribution in [2.45, 2.75) is 25.2 Å². The minimum Gasteiger partial charge on any atom is -0.493 e. The van der Waals surface area contributed by atoms with Gasteiger partial charge in [-0.2, -0.15) is 17.0 Å². The van der Waals surface area contributed by atoms with Crippen LogP contribution in [0, 0.1) is 11.3 Å². The lowest BCUT2D eigenvalue weighted by molar-refractivity contribution is 0.239. The van der Waals surface area contributed by atoms with Crippen LogP contribution < -0.4 is 4.74 Å². The van der Waals surface area contributed by atoms with Gasteiger partial charge in [0.05, 0.1) is 18.1 Å². The average molecular weight is 247 g/mol. The average Bonchev–Trinajstić information content (AvgIpc) is 2.39. The van der Waals surface area contributed by atoms with E-state index in [1.165, 1.54) is 0 Å². The molecular weight excluding hydrogens is 230 g/mol. The summed E-state index contributed by atoms with van der Waals surface area (Å²) >= 11 is 1.90. The number of hydrogen-bond acceptors (Lipinski definition) is 3. The van der Waals surface area contributed by atoms with Crippen LogP contribution in [-0.2, 0) is 5.41 Å². The molecule has 1 unspecified atom stereocenters. The number of benzene rings is 1. The molecule has 0 saturated heterocycles. The van der Waals surface area contributed by atoms with Gasteiger partial charge in [-0.3, -0.25) is 0 Å². The van der Waals surface area contributed by atoms with Crippen molar-refractivity contribution in [1.29, 1.82) is 5.26 Å². The summed E-state index contributed by atoms with van der Waals surface area (Å²) in [5.41, 5.74) is 0.738. The Morgan fingerprint density at radius 2 is 2.29 bits per heavy atom. The van der Waals surface area contributed by atoms with Crippen molar-refractivity contribution in [3.8, 4) is 11.8 Å². The van der Waals surface area contributed by atoms with E-state index in [0.29, 0.717) is 6.61 Å². The zero-order valence-electron chi connectivity index (χ0n) is 10.1. The van der Waals surface area contributed by atoms with E-state index in [-0.39, 0.29) is 5.41 Å². The third-order valence-corrected chi connectivity index (χ3v) is 4.18. The van der Waals surface area contributed by atoms with Crippen molar-refractivity contribution in [3.63, 3.8) is 0 Å². The molecule has 0 amide bonds. The first kappa shape index (κ1) is 12.3. The smallest absolute Gasteiger partial charge is 0.124 e. The van der Waals surface area contributed by atoms with Crippen LogP contribution in [0.5, 0.6) is 5.75 Å². The highest BCUT2D eigenvalue weighted by molar-refractivity contribution is 7.99. The third-order valence-electron chi connectivity index (χ3n) is 3.28. The number of rotatable bonds is 4. The molecule has 1 aliphatic rings. The topological polar surface area (TPSA) is 33.0 Å². The Morgan fingerprint density at radius 1 is 1.47 bits per heavy atom. The molecule has 1 aromatic carbocycles. The Bertz CT molecular complexity index is 426. The Morgan fingerprint density at radius 3 is 3.06 bits per heavy atom. The highest BCUT2D eigenvalue weighted by atomic mass is 32.2. The predicted molar refractivity (Wildman–Crippen MR) is 71.5 cm³/mol. The molecule has 0 aromatic heterocycles. The van der Waals surface area contributed by atoms with E-state index in [2.05, 4.69) is 13.0 Å². The Balaban J connectivity index is 2.27. The third kappa shape index (κ3) is 2.42. The second-order valence-electron chi connectivity index (χ2n) is 4.24. The number of hydrogen-bond donors (Lipinski definition) is 0. The fourth-order valence-corrected chi connectivity index (χ4v) is 3.06. The summed E-state index contributed by atoms with van der Waals surface area (Å²) in [6.07, 6.45) is 1.73. The van der Waals surface area contributed by atoms with Gasteiger partial charge in [0, 0.05) is 12.0 Å². The first-order valence-corrected chi connectivity index (χ1v) is 7.19. The van der Waals surface area contributed by atoms with Crippen LogP contribution in [0.1, 0.15) is 25.3 Å². The minimum absolute atomic E-state index is 0.336. The zero-order chi connectivity index (χ0) is 12.1. The number of thioether (sulfide) groups is 1. The van der Waals surface area contributed by atoms with Crippen molar-refractivity contribution >= 4 is 11.8 Å². The van der Waals surface area contributed by atoms with Gasteiger partial charge < -0.3 is 4.74 Å². The molecule has 1 aromatic rings. The van der Waals surface area contributed by atoms with Gasteiger partial charge in [-0.25, -0.2) is 0 Å². The lowest BCUT2D eigenvalue weighted by atomic mass is 9.75. The monoisotopic (exact) mass is 247 g/mol. The second kappa shape index (κ2) is 5.46. The molecule has 0 aliphatic carbocycles. The fourth-order valence-electron chi connectivity index (χ4n) is 2.28. The molecule has 0 spiro atoms. The molecule has 0 bridgehead atoms. The predicted octanol–water partition coefficient (Wildman–Crippen LogP) is 3.37. The lowest BCUT2D eigenvalue weighted by Crippen LogP contribution is -2.32. The molecule has 1 aliphatic heterocycles. The van der Waals surface area contributed by atoms with Gasteiger partial charge in [-0.1, -0.05) is 25.1 Å². The molecule has 2 nitrogen and oxygen atoms in total. The maximum absolute atomic E-state index is 9.57. The molecule has 0 saturated carbocycles. The quantitative estimate of drug-likeness (QED) is 0.765. The van der Waals surface area contributed by atoms with Crippen molar-refractivity contribution in [2.75, 3.05) is 18.1 Å². The van der Waals surface area contributed by atoms with Gasteiger partial charge in [-0.05, 0) is 24.0 Å². The molecular formula is C14H17NOS. The van der Waals surface area contributed by atoms with E-state index in [4.69, 9.17) is 4.74 Å². The summed E-state index contributed by atoms with van der Waals surface area (Å²) in [7, 11) is 0. The van der Waals surface area contributed by atoms with E-state index in [9.17, 15) is 5.26 Å². The summed E-state index contributed by atoms with van der Waals surface area (Å²) in [5, 5.41) is 9.57. The number of nitriles is 1. The standard InChI is InChI=1S/C14H17NOS/c1-2-17-10-8-14(11-15)7-9-16-13-6-4-3-5-12(13)14/h3-6H,2,7-10H2,1H3. The van der Waals surface area contributed by atoms with Gasteiger partial charge in [0.2, 0.25) is 0 Å². The summed E-state index contributed by atoms with van der Waals surface area (Å²) in [5.74, 6) is 3.04. The largest absolute Gasteiger partial charge is 0.493 e. The van der Waals surface area contributed by atoms with Crippen molar-refractivity contribution < 1.29 is 4.74 Å². The molecule has 3 heteroatoms. The van der Waals surface area contributed by atoms with Crippen molar-refractivity contribution in [3.05, 3.63) is 29.8 Å². The molecule has 0 N–H and O–H groups in total. The van der Waals surface area contributed by atoms with Crippen molar-refractivity contribution in [2.24, 2.45) is 0 Å². The van der Waals surface area contributed by atoms with Gasteiger partial charge in [0.25, 0.3) is 0 Å². The van der Waals surface area contributed by atoms with E-state index in [1.54, 1.807) is 0 Å². The maximum Gasteiger partial charge on any atom is 0.124 e. The second-order valence-corrected chi connectivity index (χ2v) is 5.63. The highest BCUT2D eigenvalue weighted by Gasteiger charge is 2.37. The molecule has 2 rings (SSSR count). The summed E-state index contributed by atoms with van der Waals surface area (Å²) in [6.45, 7) is 2.81. The Kier molecular flexibility index (Phi) is 3.96. The van der Waals surface area contributed by atoms with Crippen molar-refractivity contribution in [1.82, 2.24) is 0 Å². The van der Waals surface area contributed by atoms with Gasteiger partial charge in [-0.15, -0.1) is 0 Å². The van der Waals surface area contributed by atoms with Crippen LogP contribution in [0.25, 0.3) is 0 Å². The van der Waals surface area contributed by atoms with E-state index in [1.807, 2.05) is 36.0 Å². The first-order chi connectivity index (χ1) is 8.32. The number of fused-ring (bicyclic) bond motifs is 1. The SMILES string of the molecule is CCSCCC1(C#N)CCOc2ccccc21. The minimum atomic E-state index is -0.336. The van der Waals surface area contributed by atoms with Crippen LogP contribution in [0.2, 0.25) is 0 Å². The fraction of sp³-hybridized carbons (Fsp3) is 0.500. The molecule has 1 heterocycles. The highest BCUT2D eigenvalue weighted by Crippen LogP contribution is 2.41. The first-order valence-electron chi connectivity index (χ1n) is 6.04. The van der Waals surface area contributed by atoms with Crippen LogP contribution in [0.4, 0.5) is 0 Å². The van der Waals surface area contributed by atoms with Gasteiger partial charge >= 0.3 is 0 Å². The van der Waals surface area contributed by atoms with E-state index >= 15 is 0 Å². The molecule has 17 heavy (non-hydrogen) atoms. The Labute approximate surface area is 107 Å². The number of ether oxygens (including phenoxy) is 1. The molecule has 90 valence electrons.